The highest BCUT2D eigenvalue weighted by Crippen LogP contribution is 2.22. The van der Waals surface area contributed by atoms with Gasteiger partial charge in [-0.15, -0.1) is 0 Å². The second-order valence-electron chi connectivity index (χ2n) is 5.98. The fourth-order valence-electron chi connectivity index (χ4n) is 2.85. The quantitative estimate of drug-likeness (QED) is 0.889. The van der Waals surface area contributed by atoms with E-state index in [4.69, 9.17) is 14.2 Å². The Morgan fingerprint density at radius 3 is 2.43 bits per heavy atom. The van der Waals surface area contributed by atoms with Gasteiger partial charge in [0.15, 0.2) is 5.79 Å². The van der Waals surface area contributed by atoms with E-state index in [0.29, 0.717) is 31.7 Å². The van der Waals surface area contributed by atoms with Gasteiger partial charge in [-0.05, 0) is 31.2 Å². The van der Waals surface area contributed by atoms with Crippen LogP contribution in [0, 0.1) is 0 Å². The van der Waals surface area contributed by atoms with E-state index in [2.05, 4.69) is 10.2 Å². The van der Waals surface area contributed by atoms with Gasteiger partial charge >= 0.3 is 0 Å². The zero-order valence-electron chi connectivity index (χ0n) is 13.5. The van der Waals surface area contributed by atoms with E-state index in [9.17, 15) is 4.79 Å². The average molecular weight is 320 g/mol. The number of anilines is 1. The molecule has 2 aliphatic heterocycles. The van der Waals surface area contributed by atoms with Crippen molar-refractivity contribution in [2.45, 2.75) is 19.1 Å². The second kappa shape index (κ2) is 7.29. The molecule has 2 saturated heterocycles. The molecule has 6 nitrogen and oxygen atoms in total. The number of benzene rings is 1. The Morgan fingerprint density at radius 1 is 1.13 bits per heavy atom. The van der Waals surface area contributed by atoms with Crippen LogP contribution in [0.2, 0.25) is 0 Å². The summed E-state index contributed by atoms with van der Waals surface area (Å²) in [5.41, 5.74) is 1.80. The van der Waals surface area contributed by atoms with Crippen molar-refractivity contribution in [3.8, 4) is 0 Å². The standard InChI is InChI=1S/C17H24N2O4/c1-17(22-12-13-23-17)6-7-18-16(20)14-2-4-15(5-3-14)19-8-10-21-11-9-19/h2-5H,6-13H2,1H3,(H,18,20). The average Bonchev–Trinajstić information content (AvgIpc) is 3.02. The van der Waals surface area contributed by atoms with Gasteiger partial charge in [-0.3, -0.25) is 4.79 Å². The fraction of sp³-hybridized carbons (Fsp3) is 0.588. The minimum Gasteiger partial charge on any atom is -0.378 e. The van der Waals surface area contributed by atoms with Gasteiger partial charge in [0, 0.05) is 37.3 Å². The van der Waals surface area contributed by atoms with Crippen LogP contribution in [0.5, 0.6) is 0 Å². The minimum atomic E-state index is -0.562. The Kier molecular flexibility index (Phi) is 5.15. The molecule has 23 heavy (non-hydrogen) atoms. The predicted octanol–water partition coefficient (Wildman–Crippen LogP) is 1.41. The zero-order valence-corrected chi connectivity index (χ0v) is 13.5. The molecular formula is C17H24N2O4. The summed E-state index contributed by atoms with van der Waals surface area (Å²) >= 11 is 0. The third-order valence-corrected chi connectivity index (χ3v) is 4.27. The molecule has 0 unspecified atom stereocenters. The first-order valence-corrected chi connectivity index (χ1v) is 8.15. The lowest BCUT2D eigenvalue weighted by Crippen LogP contribution is -2.36. The van der Waals surface area contributed by atoms with Gasteiger partial charge in [0.2, 0.25) is 0 Å². The van der Waals surface area contributed by atoms with Crippen molar-refractivity contribution in [1.29, 1.82) is 0 Å². The lowest BCUT2D eigenvalue weighted by molar-refractivity contribution is -0.145. The molecular weight excluding hydrogens is 296 g/mol. The molecule has 0 aromatic heterocycles. The van der Waals surface area contributed by atoms with E-state index in [1.54, 1.807) is 0 Å². The highest BCUT2D eigenvalue weighted by molar-refractivity contribution is 5.94. The molecule has 3 rings (SSSR count). The van der Waals surface area contributed by atoms with E-state index in [-0.39, 0.29) is 5.91 Å². The normalized spacial score (nSPS) is 20.5. The van der Waals surface area contributed by atoms with Gasteiger partial charge in [0.25, 0.3) is 5.91 Å². The van der Waals surface area contributed by atoms with Crippen LogP contribution in [0.25, 0.3) is 0 Å². The molecule has 1 amide bonds. The highest BCUT2D eigenvalue weighted by atomic mass is 16.7. The summed E-state index contributed by atoms with van der Waals surface area (Å²) in [7, 11) is 0. The monoisotopic (exact) mass is 320 g/mol. The molecule has 1 N–H and O–H groups in total. The summed E-state index contributed by atoms with van der Waals surface area (Å²) in [6.45, 7) is 6.97. The number of hydrogen-bond acceptors (Lipinski definition) is 5. The molecule has 1 aromatic rings. The highest BCUT2D eigenvalue weighted by Gasteiger charge is 2.30. The Hall–Kier alpha value is -1.63. The number of carbonyl (C=O) groups is 1. The summed E-state index contributed by atoms with van der Waals surface area (Å²) in [4.78, 5) is 14.4. The number of nitrogens with one attached hydrogen (secondary N) is 1. The molecule has 0 spiro atoms. The summed E-state index contributed by atoms with van der Waals surface area (Å²) in [6, 6.07) is 7.71. The summed E-state index contributed by atoms with van der Waals surface area (Å²) < 4.78 is 16.4. The Morgan fingerprint density at radius 2 is 1.78 bits per heavy atom. The zero-order chi connectivity index (χ0) is 16.1. The van der Waals surface area contributed by atoms with Gasteiger partial charge in [-0.1, -0.05) is 0 Å². The number of morpholine rings is 1. The molecule has 0 saturated carbocycles. The second-order valence-corrected chi connectivity index (χ2v) is 5.98. The van der Waals surface area contributed by atoms with Crippen LogP contribution in [-0.4, -0.2) is 57.8 Å². The van der Waals surface area contributed by atoms with Crippen LogP contribution in [0.4, 0.5) is 5.69 Å². The first kappa shape index (κ1) is 16.2. The molecule has 0 radical (unpaired) electrons. The van der Waals surface area contributed by atoms with Crippen LogP contribution in [-0.2, 0) is 14.2 Å². The summed E-state index contributed by atoms with van der Waals surface area (Å²) in [6.07, 6.45) is 0.643. The number of rotatable bonds is 5. The molecule has 2 aliphatic rings. The molecule has 6 heteroatoms. The molecule has 126 valence electrons. The largest absolute Gasteiger partial charge is 0.378 e. The Balaban J connectivity index is 1.49. The van der Waals surface area contributed by atoms with E-state index >= 15 is 0 Å². The van der Waals surface area contributed by atoms with Crippen LogP contribution in [0.1, 0.15) is 23.7 Å². The maximum atomic E-state index is 12.2. The lowest BCUT2D eigenvalue weighted by Gasteiger charge is -2.28. The van der Waals surface area contributed by atoms with Crippen molar-refractivity contribution >= 4 is 11.6 Å². The number of nitrogens with zero attached hydrogens (tertiary/aromatic N) is 1. The van der Waals surface area contributed by atoms with Gasteiger partial charge in [-0.25, -0.2) is 0 Å². The van der Waals surface area contributed by atoms with E-state index < -0.39 is 5.79 Å². The molecule has 2 fully saturated rings. The van der Waals surface area contributed by atoms with Crippen molar-refractivity contribution in [3.63, 3.8) is 0 Å². The van der Waals surface area contributed by atoms with Gasteiger partial charge in [-0.2, -0.15) is 0 Å². The van der Waals surface area contributed by atoms with Crippen LogP contribution in [0.15, 0.2) is 24.3 Å². The van der Waals surface area contributed by atoms with Crippen LogP contribution < -0.4 is 10.2 Å². The number of hydrogen-bond donors (Lipinski definition) is 1. The fourth-order valence-corrected chi connectivity index (χ4v) is 2.85. The minimum absolute atomic E-state index is 0.0693. The first-order chi connectivity index (χ1) is 11.2. The molecule has 0 bridgehead atoms. The van der Waals surface area contributed by atoms with Gasteiger partial charge < -0.3 is 24.4 Å². The van der Waals surface area contributed by atoms with Gasteiger partial charge in [0.05, 0.1) is 26.4 Å². The third-order valence-electron chi connectivity index (χ3n) is 4.27. The van der Waals surface area contributed by atoms with Crippen LogP contribution >= 0.6 is 0 Å². The predicted molar refractivity (Wildman–Crippen MR) is 86.7 cm³/mol. The van der Waals surface area contributed by atoms with Gasteiger partial charge in [0.1, 0.15) is 0 Å². The van der Waals surface area contributed by atoms with E-state index in [1.165, 1.54) is 0 Å². The van der Waals surface area contributed by atoms with E-state index in [1.807, 2.05) is 31.2 Å². The first-order valence-electron chi connectivity index (χ1n) is 8.15. The van der Waals surface area contributed by atoms with Crippen molar-refractivity contribution in [2.75, 3.05) is 51.0 Å². The third kappa shape index (κ3) is 4.22. The molecule has 2 heterocycles. The lowest BCUT2D eigenvalue weighted by atomic mass is 10.1. The van der Waals surface area contributed by atoms with Crippen LogP contribution in [0.3, 0.4) is 0 Å². The number of carbonyl (C=O) groups excluding carboxylic acids is 1. The molecule has 1 aromatic carbocycles. The Labute approximate surface area is 136 Å². The number of ether oxygens (including phenoxy) is 3. The Bertz CT molecular complexity index is 520. The van der Waals surface area contributed by atoms with Crippen molar-refractivity contribution in [2.24, 2.45) is 0 Å². The topological polar surface area (TPSA) is 60.0 Å². The number of amides is 1. The summed E-state index contributed by atoms with van der Waals surface area (Å²) in [5, 5.41) is 2.92. The molecule has 0 atom stereocenters. The van der Waals surface area contributed by atoms with E-state index in [0.717, 1.165) is 32.0 Å². The summed E-state index contributed by atoms with van der Waals surface area (Å²) in [5.74, 6) is -0.631. The van der Waals surface area contributed by atoms with Crippen molar-refractivity contribution < 1.29 is 19.0 Å². The maximum absolute atomic E-state index is 12.2. The van der Waals surface area contributed by atoms with Crippen molar-refractivity contribution in [1.82, 2.24) is 5.32 Å². The maximum Gasteiger partial charge on any atom is 0.251 e. The van der Waals surface area contributed by atoms with Crippen molar-refractivity contribution in [3.05, 3.63) is 29.8 Å². The SMILES string of the molecule is CC1(CCNC(=O)c2ccc(N3CCOCC3)cc2)OCCO1. The smallest absolute Gasteiger partial charge is 0.251 e. The molecule has 0 aliphatic carbocycles.